The number of hydrogen-bond donors (Lipinski definition) is 0. The number of nitrogens with zero attached hydrogens (tertiary/aromatic N) is 1. The summed E-state index contributed by atoms with van der Waals surface area (Å²) in [6, 6.07) is 5.23. The van der Waals surface area contributed by atoms with E-state index in [9.17, 15) is 8.42 Å². The topological polar surface area (TPSA) is 37.4 Å². The molecule has 0 aromatic heterocycles. The van der Waals surface area contributed by atoms with Gasteiger partial charge in [0.2, 0.25) is 10.0 Å². The monoisotopic (exact) mass is 409 g/mol. The van der Waals surface area contributed by atoms with Crippen molar-refractivity contribution in [2.24, 2.45) is 5.92 Å². The molecule has 1 aromatic carbocycles. The first-order valence-corrected chi connectivity index (χ1v) is 9.33. The van der Waals surface area contributed by atoms with E-state index in [1.165, 1.54) is 0 Å². The molecule has 2 unspecified atom stereocenters. The number of sulfonamides is 1. The molecule has 1 aliphatic heterocycles. The van der Waals surface area contributed by atoms with Crippen LogP contribution in [-0.4, -0.2) is 25.3 Å². The van der Waals surface area contributed by atoms with E-state index >= 15 is 0 Å². The van der Waals surface area contributed by atoms with Crippen LogP contribution in [0.3, 0.4) is 0 Å². The predicted octanol–water partition coefficient (Wildman–Crippen LogP) is 4.02. The second kappa shape index (κ2) is 5.84. The molecule has 0 N–H and O–H groups in total. The van der Waals surface area contributed by atoms with Gasteiger partial charge in [0.25, 0.3) is 0 Å². The quantitative estimate of drug-likeness (QED) is 0.738. The fourth-order valence-electron chi connectivity index (χ4n) is 2.45. The highest BCUT2D eigenvalue weighted by molar-refractivity contribution is 9.11. The van der Waals surface area contributed by atoms with Crippen LogP contribution < -0.4 is 0 Å². The maximum atomic E-state index is 12.8. The molecule has 1 heterocycles. The first-order valence-electron chi connectivity index (χ1n) is 6.31. The smallest absolute Gasteiger partial charge is 0.207 e. The van der Waals surface area contributed by atoms with Crippen LogP contribution in [0, 0.1) is 5.92 Å². The Morgan fingerprint density at radius 2 is 1.95 bits per heavy atom. The molecule has 0 radical (unpaired) electrons. The summed E-state index contributed by atoms with van der Waals surface area (Å²) >= 11 is 6.69. The van der Waals surface area contributed by atoms with Crippen molar-refractivity contribution in [2.75, 3.05) is 6.54 Å². The van der Waals surface area contributed by atoms with Crippen LogP contribution in [0.25, 0.3) is 0 Å². The third kappa shape index (κ3) is 3.06. The average Bonchev–Trinajstić information content (AvgIpc) is 2.31. The molecule has 1 aliphatic rings. The number of hydrogen-bond acceptors (Lipinski definition) is 2. The minimum atomic E-state index is -3.43. The maximum Gasteiger partial charge on any atom is 0.244 e. The van der Waals surface area contributed by atoms with Crippen molar-refractivity contribution in [3.05, 3.63) is 27.1 Å². The van der Waals surface area contributed by atoms with Crippen LogP contribution in [0.2, 0.25) is 0 Å². The second-order valence-electron chi connectivity index (χ2n) is 5.05. The van der Waals surface area contributed by atoms with Gasteiger partial charge in [0.15, 0.2) is 0 Å². The molecule has 0 amide bonds. The van der Waals surface area contributed by atoms with E-state index < -0.39 is 10.0 Å². The van der Waals surface area contributed by atoms with Gasteiger partial charge in [0, 0.05) is 21.5 Å². The summed E-state index contributed by atoms with van der Waals surface area (Å²) in [7, 11) is -3.43. The van der Waals surface area contributed by atoms with Crippen LogP contribution in [0.1, 0.15) is 26.7 Å². The van der Waals surface area contributed by atoms with Crippen LogP contribution in [0.4, 0.5) is 0 Å². The Morgan fingerprint density at radius 3 is 2.58 bits per heavy atom. The predicted molar refractivity (Wildman–Crippen MR) is 83.6 cm³/mol. The van der Waals surface area contributed by atoms with Crippen molar-refractivity contribution in [3.8, 4) is 0 Å². The molecule has 6 heteroatoms. The first kappa shape index (κ1) is 15.5. The van der Waals surface area contributed by atoms with Gasteiger partial charge in [0.05, 0.1) is 4.90 Å². The lowest BCUT2D eigenvalue weighted by molar-refractivity contribution is 0.202. The molecule has 1 aromatic rings. The normalized spacial score (nSPS) is 25.5. The van der Waals surface area contributed by atoms with Crippen molar-refractivity contribution in [2.45, 2.75) is 37.6 Å². The summed E-state index contributed by atoms with van der Waals surface area (Å²) in [5.74, 6) is 0.401. The van der Waals surface area contributed by atoms with Gasteiger partial charge in [0.1, 0.15) is 0 Å². The fraction of sp³-hybridized carbons (Fsp3) is 0.538. The number of halogens is 2. The molecule has 3 nitrogen and oxygen atoms in total. The van der Waals surface area contributed by atoms with Gasteiger partial charge in [-0.25, -0.2) is 8.42 Å². The van der Waals surface area contributed by atoms with Crippen molar-refractivity contribution >= 4 is 41.9 Å². The van der Waals surface area contributed by atoms with Gasteiger partial charge in [-0.05, 0) is 59.8 Å². The van der Waals surface area contributed by atoms with Gasteiger partial charge in [-0.3, -0.25) is 0 Å². The molecule has 1 saturated heterocycles. The summed E-state index contributed by atoms with van der Waals surface area (Å²) in [6.45, 7) is 4.72. The summed E-state index contributed by atoms with van der Waals surface area (Å²) < 4.78 is 28.6. The van der Waals surface area contributed by atoms with Crippen LogP contribution in [0.5, 0.6) is 0 Å². The summed E-state index contributed by atoms with van der Waals surface area (Å²) in [5, 5.41) is 0. The molecule has 0 saturated carbocycles. The van der Waals surface area contributed by atoms with Crippen molar-refractivity contribution in [3.63, 3.8) is 0 Å². The minimum Gasteiger partial charge on any atom is -0.207 e. The van der Waals surface area contributed by atoms with E-state index in [-0.39, 0.29) is 6.04 Å². The van der Waals surface area contributed by atoms with E-state index in [1.54, 1.807) is 22.5 Å². The SMILES string of the molecule is CC1CCCN(S(=O)(=O)c2ccc(Br)cc2Br)C1C. The van der Waals surface area contributed by atoms with Crippen LogP contribution >= 0.6 is 31.9 Å². The molecule has 0 spiro atoms. The zero-order valence-corrected chi connectivity index (χ0v) is 14.9. The number of piperidine rings is 1. The molecule has 0 aliphatic carbocycles. The van der Waals surface area contributed by atoms with Crippen LogP contribution in [-0.2, 0) is 10.0 Å². The lowest BCUT2D eigenvalue weighted by Crippen LogP contribution is -2.45. The number of benzene rings is 1. The molecule has 1 fully saturated rings. The van der Waals surface area contributed by atoms with E-state index in [1.807, 2.05) is 6.92 Å². The first-order chi connectivity index (χ1) is 8.84. The molecule has 2 atom stereocenters. The van der Waals surface area contributed by atoms with Gasteiger partial charge in [-0.15, -0.1) is 0 Å². The molecule has 19 heavy (non-hydrogen) atoms. The van der Waals surface area contributed by atoms with Gasteiger partial charge in [-0.2, -0.15) is 4.31 Å². The Hall–Kier alpha value is 0.0900. The minimum absolute atomic E-state index is 0.0503. The molecule has 2 rings (SSSR count). The molecular formula is C13H17Br2NO2S. The summed E-state index contributed by atoms with van der Waals surface area (Å²) in [5.41, 5.74) is 0. The Balaban J connectivity index is 2.41. The summed E-state index contributed by atoms with van der Waals surface area (Å²) in [6.07, 6.45) is 2.02. The van der Waals surface area contributed by atoms with Crippen molar-refractivity contribution < 1.29 is 8.42 Å². The highest BCUT2D eigenvalue weighted by atomic mass is 79.9. The largest absolute Gasteiger partial charge is 0.244 e. The van der Waals surface area contributed by atoms with E-state index in [0.29, 0.717) is 21.8 Å². The third-order valence-corrected chi connectivity index (χ3v) is 7.25. The standard InChI is InChI=1S/C13H17Br2NO2S/c1-9-4-3-7-16(10(9)2)19(17,18)13-6-5-11(14)8-12(13)15/h5-6,8-10H,3-4,7H2,1-2H3. The average molecular weight is 411 g/mol. The third-order valence-electron chi connectivity index (χ3n) is 3.80. The van der Waals surface area contributed by atoms with E-state index in [0.717, 1.165) is 17.3 Å². The molecule has 0 bridgehead atoms. The van der Waals surface area contributed by atoms with Gasteiger partial charge in [-0.1, -0.05) is 22.9 Å². The Kier molecular flexibility index (Phi) is 4.75. The van der Waals surface area contributed by atoms with E-state index in [2.05, 4.69) is 38.8 Å². The zero-order chi connectivity index (χ0) is 14.2. The highest BCUT2D eigenvalue weighted by Crippen LogP contribution is 2.33. The Bertz CT molecular complexity index is 574. The van der Waals surface area contributed by atoms with Gasteiger partial charge < -0.3 is 0 Å². The van der Waals surface area contributed by atoms with Crippen LogP contribution in [0.15, 0.2) is 32.0 Å². The maximum absolute atomic E-state index is 12.8. The highest BCUT2D eigenvalue weighted by Gasteiger charge is 2.35. The second-order valence-corrected chi connectivity index (χ2v) is 8.68. The Morgan fingerprint density at radius 1 is 1.26 bits per heavy atom. The van der Waals surface area contributed by atoms with Crippen molar-refractivity contribution in [1.29, 1.82) is 0 Å². The van der Waals surface area contributed by atoms with E-state index in [4.69, 9.17) is 0 Å². The molecule has 106 valence electrons. The number of rotatable bonds is 2. The molecular weight excluding hydrogens is 394 g/mol. The lowest BCUT2D eigenvalue weighted by atomic mass is 9.94. The van der Waals surface area contributed by atoms with Gasteiger partial charge >= 0.3 is 0 Å². The zero-order valence-electron chi connectivity index (χ0n) is 10.9. The fourth-order valence-corrected chi connectivity index (χ4v) is 5.92. The van der Waals surface area contributed by atoms with Crippen molar-refractivity contribution in [1.82, 2.24) is 4.31 Å². The summed E-state index contributed by atoms with van der Waals surface area (Å²) in [4.78, 5) is 0.344. The Labute approximate surface area is 131 Å². The lowest BCUT2D eigenvalue weighted by Gasteiger charge is -2.36.